The van der Waals surface area contributed by atoms with Crippen molar-refractivity contribution in [3.63, 3.8) is 0 Å². The molecule has 0 amide bonds. The Kier molecular flexibility index (Phi) is 1.80. The lowest BCUT2D eigenvalue weighted by Gasteiger charge is -2.21. The van der Waals surface area contributed by atoms with Gasteiger partial charge in [-0.1, -0.05) is 42.5 Å². The van der Waals surface area contributed by atoms with Crippen LogP contribution in [-0.4, -0.2) is 0 Å². The van der Waals surface area contributed by atoms with Gasteiger partial charge in [-0.3, -0.25) is 0 Å². The maximum atomic E-state index is 5.69. The van der Waals surface area contributed by atoms with E-state index < -0.39 is 0 Å². The summed E-state index contributed by atoms with van der Waals surface area (Å²) in [7, 11) is 0. The Morgan fingerprint density at radius 2 is 1.60 bits per heavy atom. The summed E-state index contributed by atoms with van der Waals surface area (Å²) < 4.78 is 5.69. The van der Waals surface area contributed by atoms with Crippen LogP contribution in [0.5, 0.6) is 5.75 Å². The summed E-state index contributed by atoms with van der Waals surface area (Å²) in [5.74, 6) is 0.961. The first kappa shape index (κ1) is 10.3. The first-order chi connectivity index (χ1) is 9.93. The van der Waals surface area contributed by atoms with Crippen LogP contribution in [0, 0.1) is 0 Å². The molecule has 0 saturated carbocycles. The van der Waals surface area contributed by atoms with Gasteiger partial charge >= 0.3 is 0 Å². The van der Waals surface area contributed by atoms with Gasteiger partial charge in [0.05, 0.1) is 6.26 Å². The van der Waals surface area contributed by atoms with E-state index in [1.54, 1.807) is 6.26 Å². The van der Waals surface area contributed by atoms with E-state index in [2.05, 4.69) is 48.6 Å². The lowest BCUT2D eigenvalue weighted by atomic mass is 9.85. The molecule has 5 rings (SSSR count). The van der Waals surface area contributed by atoms with Crippen LogP contribution in [0.3, 0.4) is 0 Å². The molecule has 20 heavy (non-hydrogen) atoms. The smallest absolute Gasteiger partial charge is 0.134 e. The van der Waals surface area contributed by atoms with E-state index in [4.69, 9.17) is 4.74 Å². The van der Waals surface area contributed by atoms with Gasteiger partial charge in [0.1, 0.15) is 5.75 Å². The molecule has 0 unspecified atom stereocenters. The molecule has 0 fully saturated rings. The van der Waals surface area contributed by atoms with E-state index in [1.165, 1.54) is 38.2 Å². The Morgan fingerprint density at radius 1 is 0.800 bits per heavy atom. The number of hydrogen-bond donors (Lipinski definition) is 0. The predicted octanol–water partition coefficient (Wildman–Crippen LogP) is 4.93. The molecule has 0 radical (unpaired) electrons. The first-order valence-electron chi connectivity index (χ1n) is 6.93. The minimum Gasteiger partial charge on any atom is -0.464 e. The van der Waals surface area contributed by atoms with Gasteiger partial charge in [0, 0.05) is 5.39 Å². The molecule has 1 heteroatoms. The second kappa shape index (κ2) is 3.51. The third-order valence-corrected chi connectivity index (χ3v) is 4.35. The molecule has 2 aliphatic rings. The monoisotopic (exact) mass is 256 g/mol. The molecule has 0 aromatic heterocycles. The SMILES string of the molecule is C1=Cc2c3c4c(cccc4c4cccc(c24)C1)OC=C3. The molecule has 94 valence electrons. The van der Waals surface area contributed by atoms with Gasteiger partial charge in [-0.2, -0.15) is 0 Å². The second-order valence-corrected chi connectivity index (χ2v) is 5.37. The van der Waals surface area contributed by atoms with E-state index in [9.17, 15) is 0 Å². The summed E-state index contributed by atoms with van der Waals surface area (Å²) in [5.41, 5.74) is 4.04. The molecule has 1 nitrogen and oxygen atoms in total. The van der Waals surface area contributed by atoms with Crippen molar-refractivity contribution >= 4 is 33.7 Å². The Hall–Kier alpha value is -2.54. The third-order valence-electron chi connectivity index (χ3n) is 4.35. The van der Waals surface area contributed by atoms with Gasteiger partial charge in [-0.05, 0) is 51.4 Å². The van der Waals surface area contributed by atoms with Gasteiger partial charge in [-0.25, -0.2) is 0 Å². The summed E-state index contributed by atoms with van der Waals surface area (Å²) in [6.45, 7) is 0. The van der Waals surface area contributed by atoms with E-state index in [0.29, 0.717) is 0 Å². The van der Waals surface area contributed by atoms with Crippen molar-refractivity contribution in [3.8, 4) is 5.75 Å². The zero-order valence-corrected chi connectivity index (χ0v) is 10.9. The molecule has 0 N–H and O–H groups in total. The van der Waals surface area contributed by atoms with Crippen molar-refractivity contribution in [2.24, 2.45) is 0 Å². The molecule has 1 heterocycles. The summed E-state index contributed by atoms with van der Waals surface area (Å²) in [5, 5.41) is 5.27. The van der Waals surface area contributed by atoms with Gasteiger partial charge in [0.2, 0.25) is 0 Å². The number of hydrogen-bond acceptors (Lipinski definition) is 1. The lowest BCUT2D eigenvalue weighted by Crippen LogP contribution is -2.00. The Balaban J connectivity index is 2.18. The molecule has 3 aromatic rings. The van der Waals surface area contributed by atoms with Crippen molar-refractivity contribution in [2.75, 3.05) is 0 Å². The topological polar surface area (TPSA) is 9.23 Å². The van der Waals surface area contributed by atoms with Gasteiger partial charge in [-0.15, -0.1) is 0 Å². The van der Waals surface area contributed by atoms with Crippen LogP contribution in [0.4, 0.5) is 0 Å². The quantitative estimate of drug-likeness (QED) is 0.518. The zero-order valence-electron chi connectivity index (χ0n) is 10.9. The fourth-order valence-corrected chi connectivity index (χ4v) is 3.54. The minimum absolute atomic E-state index is 0.961. The average Bonchev–Trinajstić information content (AvgIpc) is 2.52. The normalized spacial score (nSPS) is 14.8. The lowest BCUT2D eigenvalue weighted by molar-refractivity contribution is 0.488. The Morgan fingerprint density at radius 3 is 2.55 bits per heavy atom. The molecule has 1 aliphatic carbocycles. The molecule has 0 atom stereocenters. The summed E-state index contributed by atoms with van der Waals surface area (Å²) >= 11 is 0. The molecule has 0 saturated heterocycles. The van der Waals surface area contributed by atoms with Crippen LogP contribution >= 0.6 is 0 Å². The molecule has 0 bridgehead atoms. The van der Waals surface area contributed by atoms with Crippen LogP contribution in [0.1, 0.15) is 16.7 Å². The van der Waals surface area contributed by atoms with Crippen LogP contribution in [0.15, 0.2) is 48.7 Å². The maximum absolute atomic E-state index is 5.69. The number of allylic oxidation sites excluding steroid dienone is 1. The average molecular weight is 256 g/mol. The number of ether oxygens (including phenoxy) is 1. The van der Waals surface area contributed by atoms with Crippen molar-refractivity contribution in [2.45, 2.75) is 6.42 Å². The van der Waals surface area contributed by atoms with Gasteiger partial charge in [0.15, 0.2) is 0 Å². The summed E-state index contributed by atoms with van der Waals surface area (Å²) in [4.78, 5) is 0. The van der Waals surface area contributed by atoms with Crippen LogP contribution in [0.25, 0.3) is 33.7 Å². The van der Waals surface area contributed by atoms with E-state index in [0.717, 1.165) is 12.2 Å². The van der Waals surface area contributed by atoms with Crippen molar-refractivity contribution in [1.82, 2.24) is 0 Å². The van der Waals surface area contributed by atoms with Crippen LogP contribution in [-0.2, 0) is 6.42 Å². The van der Waals surface area contributed by atoms with E-state index >= 15 is 0 Å². The fourth-order valence-electron chi connectivity index (χ4n) is 3.54. The summed E-state index contributed by atoms with van der Waals surface area (Å²) in [6, 6.07) is 12.9. The first-order valence-corrected chi connectivity index (χ1v) is 6.93. The third kappa shape index (κ3) is 1.13. The van der Waals surface area contributed by atoms with Crippen molar-refractivity contribution in [1.29, 1.82) is 0 Å². The molecule has 0 spiro atoms. The summed E-state index contributed by atoms with van der Waals surface area (Å²) in [6.07, 6.45) is 9.43. The van der Waals surface area contributed by atoms with Crippen molar-refractivity contribution in [3.05, 3.63) is 65.4 Å². The molecular weight excluding hydrogens is 244 g/mol. The standard InChI is InChI=1S/C19H12O/c1-4-12-5-2-7-14-16-10-11-20-17-9-3-8-15(19(16)17)13(6-1)18(12)14/h1-4,6-11H,5H2. The zero-order chi connectivity index (χ0) is 13.1. The van der Waals surface area contributed by atoms with Crippen LogP contribution < -0.4 is 4.74 Å². The Labute approximate surface area is 116 Å². The Bertz CT molecular complexity index is 866. The second-order valence-electron chi connectivity index (χ2n) is 5.37. The molecular formula is C19H12O. The maximum Gasteiger partial charge on any atom is 0.134 e. The minimum atomic E-state index is 0.961. The highest BCUT2D eigenvalue weighted by Crippen LogP contribution is 2.43. The fraction of sp³-hybridized carbons (Fsp3) is 0.0526. The highest BCUT2D eigenvalue weighted by Gasteiger charge is 2.19. The van der Waals surface area contributed by atoms with Crippen molar-refractivity contribution < 1.29 is 4.74 Å². The number of benzene rings is 3. The predicted molar refractivity (Wildman–Crippen MR) is 83.9 cm³/mol. The van der Waals surface area contributed by atoms with Crippen LogP contribution in [0.2, 0.25) is 0 Å². The number of fused-ring (bicyclic) bond motifs is 2. The van der Waals surface area contributed by atoms with Gasteiger partial charge in [0.25, 0.3) is 0 Å². The highest BCUT2D eigenvalue weighted by molar-refractivity contribution is 6.18. The van der Waals surface area contributed by atoms with E-state index in [1.807, 2.05) is 6.07 Å². The molecule has 3 aromatic carbocycles. The highest BCUT2D eigenvalue weighted by atomic mass is 16.5. The largest absolute Gasteiger partial charge is 0.464 e. The van der Waals surface area contributed by atoms with Gasteiger partial charge < -0.3 is 4.74 Å². The number of rotatable bonds is 0. The molecule has 1 aliphatic heterocycles. The van der Waals surface area contributed by atoms with E-state index in [-0.39, 0.29) is 0 Å².